The number of nitrogens with two attached hydrogens (primary N) is 1. The number of anilines is 1. The first-order chi connectivity index (χ1) is 7.31. The van der Waals surface area contributed by atoms with E-state index in [-0.39, 0.29) is 0 Å². The summed E-state index contributed by atoms with van der Waals surface area (Å²) < 4.78 is 0. The van der Waals surface area contributed by atoms with Crippen molar-refractivity contribution in [2.45, 2.75) is 19.8 Å². The number of aryl methyl sites for hydroxylation is 1. The second kappa shape index (κ2) is 4.45. The zero-order chi connectivity index (χ0) is 10.7. The predicted molar refractivity (Wildman–Crippen MR) is 66.0 cm³/mol. The smallest absolute Gasteiger partial charge is 0.114 e. The number of thiazole rings is 1. The summed E-state index contributed by atoms with van der Waals surface area (Å²) in [5.41, 5.74) is 11.0. The maximum atomic E-state index is 5.83. The van der Waals surface area contributed by atoms with E-state index >= 15 is 0 Å². The van der Waals surface area contributed by atoms with Crippen LogP contribution in [0.1, 0.15) is 18.9 Å². The number of benzene rings is 1. The third-order valence-corrected chi connectivity index (χ3v) is 3.02. The molecule has 78 valence electrons. The van der Waals surface area contributed by atoms with Crippen LogP contribution in [0, 0.1) is 0 Å². The van der Waals surface area contributed by atoms with Crippen LogP contribution in [0.2, 0.25) is 0 Å². The van der Waals surface area contributed by atoms with Gasteiger partial charge in [-0.2, -0.15) is 0 Å². The van der Waals surface area contributed by atoms with Crippen molar-refractivity contribution in [3.05, 3.63) is 35.3 Å². The minimum Gasteiger partial charge on any atom is -0.389 e. The molecule has 15 heavy (non-hydrogen) atoms. The van der Waals surface area contributed by atoms with Crippen LogP contribution in [0.25, 0.3) is 11.3 Å². The summed E-state index contributed by atoms with van der Waals surface area (Å²) >= 11 is 1.48. The molecule has 3 heteroatoms. The van der Waals surface area contributed by atoms with Crippen LogP contribution in [0.15, 0.2) is 29.8 Å². The SMILES string of the molecule is CCCc1ccc(-c2ncsc2N)cc1. The zero-order valence-corrected chi connectivity index (χ0v) is 9.55. The maximum Gasteiger partial charge on any atom is 0.114 e. The Morgan fingerprint density at radius 2 is 2.00 bits per heavy atom. The highest BCUT2D eigenvalue weighted by Crippen LogP contribution is 2.27. The molecule has 2 rings (SSSR count). The Morgan fingerprint density at radius 1 is 1.27 bits per heavy atom. The van der Waals surface area contributed by atoms with E-state index in [9.17, 15) is 0 Å². The van der Waals surface area contributed by atoms with E-state index in [1.165, 1.54) is 23.3 Å². The van der Waals surface area contributed by atoms with E-state index in [0.717, 1.165) is 22.7 Å². The van der Waals surface area contributed by atoms with Crippen molar-refractivity contribution in [2.75, 3.05) is 5.73 Å². The summed E-state index contributed by atoms with van der Waals surface area (Å²) in [7, 11) is 0. The first kappa shape index (κ1) is 10.2. The summed E-state index contributed by atoms with van der Waals surface area (Å²) in [6, 6.07) is 8.49. The molecule has 1 heterocycles. The first-order valence-corrected chi connectivity index (χ1v) is 5.97. The lowest BCUT2D eigenvalue weighted by Crippen LogP contribution is -1.87. The van der Waals surface area contributed by atoms with E-state index in [1.54, 1.807) is 5.51 Å². The van der Waals surface area contributed by atoms with Crippen molar-refractivity contribution < 1.29 is 0 Å². The molecule has 0 aliphatic carbocycles. The van der Waals surface area contributed by atoms with Crippen LogP contribution < -0.4 is 5.73 Å². The van der Waals surface area contributed by atoms with Crippen LogP contribution in [0.3, 0.4) is 0 Å². The molecule has 2 nitrogen and oxygen atoms in total. The summed E-state index contributed by atoms with van der Waals surface area (Å²) in [6.07, 6.45) is 2.31. The highest BCUT2D eigenvalue weighted by Gasteiger charge is 2.04. The molecule has 0 radical (unpaired) electrons. The zero-order valence-electron chi connectivity index (χ0n) is 8.73. The molecule has 1 aromatic carbocycles. The summed E-state index contributed by atoms with van der Waals surface area (Å²) in [5, 5.41) is 0.790. The molecule has 0 spiro atoms. The number of hydrogen-bond donors (Lipinski definition) is 1. The molecular weight excluding hydrogens is 204 g/mol. The van der Waals surface area contributed by atoms with Crippen LogP contribution >= 0.6 is 11.3 Å². The van der Waals surface area contributed by atoms with Crippen molar-refractivity contribution in [1.82, 2.24) is 4.98 Å². The second-order valence-corrected chi connectivity index (χ2v) is 4.40. The lowest BCUT2D eigenvalue weighted by atomic mass is 10.1. The lowest BCUT2D eigenvalue weighted by molar-refractivity contribution is 0.922. The Kier molecular flexibility index (Phi) is 3.02. The van der Waals surface area contributed by atoms with Crippen LogP contribution in [0.5, 0.6) is 0 Å². The minimum atomic E-state index is 0.790. The standard InChI is InChI=1S/C12H14N2S/c1-2-3-9-4-6-10(7-5-9)11-12(13)15-8-14-11/h4-8H,2-3,13H2,1H3. The van der Waals surface area contributed by atoms with Gasteiger partial charge >= 0.3 is 0 Å². The predicted octanol–water partition coefficient (Wildman–Crippen LogP) is 3.34. The highest BCUT2D eigenvalue weighted by molar-refractivity contribution is 7.14. The van der Waals surface area contributed by atoms with Gasteiger partial charge in [0.2, 0.25) is 0 Å². The molecule has 0 amide bonds. The van der Waals surface area contributed by atoms with Gasteiger partial charge < -0.3 is 5.73 Å². The van der Waals surface area contributed by atoms with E-state index < -0.39 is 0 Å². The normalized spacial score (nSPS) is 10.5. The van der Waals surface area contributed by atoms with Crippen LogP contribution in [-0.2, 0) is 6.42 Å². The fourth-order valence-corrected chi connectivity index (χ4v) is 2.14. The molecule has 0 saturated heterocycles. The van der Waals surface area contributed by atoms with Gasteiger partial charge in [0.25, 0.3) is 0 Å². The van der Waals surface area contributed by atoms with Gasteiger partial charge in [0.05, 0.1) is 5.51 Å². The molecule has 1 aromatic heterocycles. The second-order valence-electron chi connectivity index (χ2n) is 3.51. The van der Waals surface area contributed by atoms with Crippen molar-refractivity contribution in [3.63, 3.8) is 0 Å². The number of nitrogens with zero attached hydrogens (tertiary/aromatic N) is 1. The molecule has 0 unspecified atom stereocenters. The number of aromatic nitrogens is 1. The monoisotopic (exact) mass is 218 g/mol. The Hall–Kier alpha value is -1.35. The van der Waals surface area contributed by atoms with Gasteiger partial charge in [-0.05, 0) is 12.0 Å². The Labute approximate surface area is 93.8 Å². The largest absolute Gasteiger partial charge is 0.389 e. The van der Waals surface area contributed by atoms with Gasteiger partial charge in [-0.25, -0.2) is 4.98 Å². The van der Waals surface area contributed by atoms with Gasteiger partial charge in [0, 0.05) is 5.56 Å². The molecular formula is C12H14N2S. The average Bonchev–Trinajstić information content (AvgIpc) is 2.66. The molecule has 0 aliphatic heterocycles. The molecule has 0 aliphatic rings. The van der Waals surface area contributed by atoms with Crippen molar-refractivity contribution in [2.24, 2.45) is 0 Å². The number of nitrogen functional groups attached to an aromatic ring is 1. The van der Waals surface area contributed by atoms with E-state index in [1.807, 2.05) is 0 Å². The van der Waals surface area contributed by atoms with Gasteiger partial charge in [-0.15, -0.1) is 11.3 Å². The molecule has 0 bridgehead atoms. The summed E-state index contributed by atoms with van der Waals surface area (Å²) in [6.45, 7) is 2.19. The molecule has 2 N–H and O–H groups in total. The summed E-state index contributed by atoms with van der Waals surface area (Å²) in [5.74, 6) is 0. The fraction of sp³-hybridized carbons (Fsp3) is 0.250. The third kappa shape index (κ3) is 2.18. The molecule has 2 aromatic rings. The topological polar surface area (TPSA) is 38.9 Å². The number of hydrogen-bond acceptors (Lipinski definition) is 3. The van der Waals surface area contributed by atoms with Crippen molar-refractivity contribution >= 4 is 16.3 Å². The van der Waals surface area contributed by atoms with Gasteiger partial charge in [0.15, 0.2) is 0 Å². The number of rotatable bonds is 3. The fourth-order valence-electron chi connectivity index (χ4n) is 1.59. The van der Waals surface area contributed by atoms with Crippen LogP contribution in [0.4, 0.5) is 5.00 Å². The molecule has 0 atom stereocenters. The van der Waals surface area contributed by atoms with E-state index in [0.29, 0.717) is 0 Å². The molecule has 0 fully saturated rings. The van der Waals surface area contributed by atoms with Crippen LogP contribution in [-0.4, -0.2) is 4.98 Å². The first-order valence-electron chi connectivity index (χ1n) is 5.09. The van der Waals surface area contributed by atoms with Gasteiger partial charge in [0.1, 0.15) is 10.7 Å². The highest BCUT2D eigenvalue weighted by atomic mass is 32.1. The molecule has 0 saturated carbocycles. The Bertz CT molecular complexity index is 431. The van der Waals surface area contributed by atoms with E-state index in [4.69, 9.17) is 5.73 Å². The minimum absolute atomic E-state index is 0.790. The lowest BCUT2D eigenvalue weighted by Gasteiger charge is -2.01. The Balaban J connectivity index is 2.28. The maximum absolute atomic E-state index is 5.83. The summed E-state index contributed by atoms with van der Waals surface area (Å²) in [4.78, 5) is 4.26. The third-order valence-electron chi connectivity index (χ3n) is 2.36. The average molecular weight is 218 g/mol. The van der Waals surface area contributed by atoms with Crippen molar-refractivity contribution in [3.8, 4) is 11.3 Å². The van der Waals surface area contributed by atoms with Gasteiger partial charge in [-0.3, -0.25) is 0 Å². The van der Waals surface area contributed by atoms with Gasteiger partial charge in [-0.1, -0.05) is 37.6 Å². The Morgan fingerprint density at radius 3 is 2.53 bits per heavy atom. The quantitative estimate of drug-likeness (QED) is 0.858. The van der Waals surface area contributed by atoms with Crippen molar-refractivity contribution in [1.29, 1.82) is 0 Å². The van der Waals surface area contributed by atoms with E-state index in [2.05, 4.69) is 36.2 Å².